The lowest BCUT2D eigenvalue weighted by Gasteiger charge is -2.14. The fraction of sp³-hybridized carbons (Fsp3) is 0.524. The number of aliphatic hydroxyl groups is 1. The molecular weight excluding hydrogens is 380 g/mol. The van der Waals surface area contributed by atoms with E-state index in [1.807, 2.05) is 12.2 Å². The van der Waals surface area contributed by atoms with Gasteiger partial charge in [0.25, 0.3) is 0 Å². The Kier molecular flexibility index (Phi) is 8.38. The number of allylic oxidation sites excluding steroid dienone is 1. The monoisotopic (exact) mass is 408 g/mol. The van der Waals surface area contributed by atoms with E-state index in [4.69, 9.17) is 10.2 Å². The van der Waals surface area contributed by atoms with Crippen molar-refractivity contribution in [2.45, 2.75) is 56.3 Å². The normalized spacial score (nSPS) is 20.1. The van der Waals surface area contributed by atoms with Crippen LogP contribution in [0.15, 0.2) is 35.2 Å². The molecule has 1 aliphatic rings. The van der Waals surface area contributed by atoms with E-state index >= 15 is 0 Å². The summed E-state index contributed by atoms with van der Waals surface area (Å²) in [6.45, 7) is 0. The van der Waals surface area contributed by atoms with E-state index in [-0.39, 0.29) is 23.2 Å². The van der Waals surface area contributed by atoms with Crippen LogP contribution < -0.4 is 0 Å². The fourth-order valence-electron chi connectivity index (χ4n) is 3.63. The third kappa shape index (κ3) is 6.56. The number of carbonyl (C=O) groups excluding carboxylic acids is 1. The minimum atomic E-state index is -3.63. The molecule has 2 unspecified atom stereocenters. The van der Waals surface area contributed by atoms with Gasteiger partial charge in [0.2, 0.25) is 9.84 Å². The number of sulfone groups is 1. The number of rotatable bonds is 11. The van der Waals surface area contributed by atoms with Gasteiger partial charge in [-0.25, -0.2) is 8.42 Å². The van der Waals surface area contributed by atoms with E-state index in [1.165, 1.54) is 12.1 Å². The van der Waals surface area contributed by atoms with Gasteiger partial charge in [-0.1, -0.05) is 43.5 Å². The minimum absolute atomic E-state index is 0.0183. The van der Waals surface area contributed by atoms with Crippen molar-refractivity contribution in [1.29, 1.82) is 0 Å². The van der Waals surface area contributed by atoms with Crippen molar-refractivity contribution in [3.8, 4) is 0 Å². The summed E-state index contributed by atoms with van der Waals surface area (Å²) in [5.41, 5.74) is 0.851. The first-order valence-corrected chi connectivity index (χ1v) is 11.3. The zero-order chi connectivity index (χ0) is 20.6. The molecule has 1 aromatic rings. The summed E-state index contributed by atoms with van der Waals surface area (Å²) in [5.74, 6) is -1.18. The number of carbonyl (C=O) groups is 2. The SMILES string of the molecule is O=C(O)CCCCCCC1C(=O)CCC1/C=C/c1ccc(S(=O)(=O)CO)cc1. The lowest BCUT2D eigenvalue weighted by atomic mass is 9.89. The van der Waals surface area contributed by atoms with Crippen molar-refractivity contribution in [1.82, 2.24) is 0 Å². The van der Waals surface area contributed by atoms with Crippen LogP contribution in [0.2, 0.25) is 0 Å². The standard InChI is InChI=1S/C21H28O6S/c22-15-28(26,27)18-12-8-16(9-13-18)7-10-17-11-14-20(23)19(17)5-3-1-2-4-6-21(24)25/h7-10,12-13,17,19,22H,1-6,11,14-15H2,(H,24,25)/b10-7+. The maximum absolute atomic E-state index is 12.2. The van der Waals surface area contributed by atoms with Gasteiger partial charge in [-0.2, -0.15) is 0 Å². The summed E-state index contributed by atoms with van der Waals surface area (Å²) in [6, 6.07) is 6.32. The fourth-order valence-corrected chi connectivity index (χ4v) is 4.33. The van der Waals surface area contributed by atoms with Gasteiger partial charge in [0, 0.05) is 18.8 Å². The zero-order valence-corrected chi connectivity index (χ0v) is 16.7. The maximum atomic E-state index is 12.2. The Labute approximate surface area is 166 Å². The molecule has 2 N–H and O–H groups in total. The second kappa shape index (κ2) is 10.5. The predicted octanol–water partition coefficient (Wildman–Crippen LogP) is 3.44. The largest absolute Gasteiger partial charge is 0.481 e. The number of hydrogen-bond donors (Lipinski definition) is 2. The second-order valence-electron chi connectivity index (χ2n) is 7.29. The van der Waals surface area contributed by atoms with Crippen molar-refractivity contribution < 1.29 is 28.2 Å². The summed E-state index contributed by atoms with van der Waals surface area (Å²) < 4.78 is 23.2. The Morgan fingerprint density at radius 1 is 1.11 bits per heavy atom. The van der Waals surface area contributed by atoms with Crippen LogP contribution in [-0.2, 0) is 19.4 Å². The highest BCUT2D eigenvalue weighted by Gasteiger charge is 2.32. The number of benzene rings is 1. The summed E-state index contributed by atoms with van der Waals surface area (Å²) >= 11 is 0. The molecule has 154 valence electrons. The number of aliphatic hydroxyl groups excluding tert-OH is 1. The van der Waals surface area contributed by atoms with Gasteiger partial charge in [-0.15, -0.1) is 0 Å². The van der Waals surface area contributed by atoms with Crippen LogP contribution in [-0.4, -0.2) is 36.3 Å². The first-order chi connectivity index (χ1) is 13.3. The Morgan fingerprint density at radius 3 is 2.43 bits per heavy atom. The summed E-state index contributed by atoms with van der Waals surface area (Å²) in [6.07, 6.45) is 9.82. The van der Waals surface area contributed by atoms with Gasteiger partial charge in [-0.3, -0.25) is 9.59 Å². The number of hydrogen-bond acceptors (Lipinski definition) is 5. The van der Waals surface area contributed by atoms with Crippen LogP contribution in [0.3, 0.4) is 0 Å². The number of ketones is 1. The molecule has 1 aromatic carbocycles. The lowest BCUT2D eigenvalue weighted by Crippen LogP contribution is -2.13. The van der Waals surface area contributed by atoms with Crippen molar-refractivity contribution in [3.05, 3.63) is 35.9 Å². The molecule has 0 saturated heterocycles. The topological polar surface area (TPSA) is 109 Å². The molecule has 7 heteroatoms. The molecule has 2 rings (SSSR count). The van der Waals surface area contributed by atoms with E-state index in [2.05, 4.69) is 0 Å². The average Bonchev–Trinajstić information content (AvgIpc) is 3.02. The molecule has 6 nitrogen and oxygen atoms in total. The van der Waals surface area contributed by atoms with E-state index in [1.54, 1.807) is 12.1 Å². The predicted molar refractivity (Wildman–Crippen MR) is 106 cm³/mol. The van der Waals surface area contributed by atoms with E-state index < -0.39 is 21.7 Å². The van der Waals surface area contributed by atoms with Gasteiger partial charge in [0.15, 0.2) is 0 Å². The lowest BCUT2D eigenvalue weighted by molar-refractivity contribution is -0.137. The van der Waals surface area contributed by atoms with Crippen LogP contribution in [0.25, 0.3) is 6.08 Å². The maximum Gasteiger partial charge on any atom is 0.303 e. The summed E-state index contributed by atoms with van der Waals surface area (Å²) in [7, 11) is -3.63. The summed E-state index contributed by atoms with van der Waals surface area (Å²) in [5, 5.41) is 17.5. The van der Waals surface area contributed by atoms with Crippen LogP contribution in [0.5, 0.6) is 0 Å². The Morgan fingerprint density at radius 2 is 1.79 bits per heavy atom. The van der Waals surface area contributed by atoms with Gasteiger partial charge in [0.1, 0.15) is 11.7 Å². The summed E-state index contributed by atoms with van der Waals surface area (Å²) in [4.78, 5) is 22.8. The highest BCUT2D eigenvalue weighted by molar-refractivity contribution is 7.91. The van der Waals surface area contributed by atoms with Crippen molar-refractivity contribution >= 4 is 27.7 Å². The third-order valence-electron chi connectivity index (χ3n) is 5.26. The third-order valence-corrected chi connectivity index (χ3v) is 6.59. The Balaban J connectivity index is 1.87. The molecule has 0 bridgehead atoms. The van der Waals surface area contributed by atoms with Gasteiger partial charge < -0.3 is 10.2 Å². The molecule has 1 saturated carbocycles. The molecule has 0 heterocycles. The van der Waals surface area contributed by atoms with Crippen molar-refractivity contribution in [3.63, 3.8) is 0 Å². The smallest absolute Gasteiger partial charge is 0.303 e. The van der Waals surface area contributed by atoms with Crippen molar-refractivity contribution in [2.75, 3.05) is 5.94 Å². The molecule has 1 aliphatic carbocycles. The first-order valence-electron chi connectivity index (χ1n) is 9.70. The minimum Gasteiger partial charge on any atom is -0.481 e. The van der Waals surface area contributed by atoms with Gasteiger partial charge >= 0.3 is 5.97 Å². The van der Waals surface area contributed by atoms with Crippen LogP contribution >= 0.6 is 0 Å². The molecule has 0 amide bonds. The Hall–Kier alpha value is -1.99. The molecule has 28 heavy (non-hydrogen) atoms. The number of aliphatic carboxylic acids is 1. The van der Waals surface area contributed by atoms with Crippen LogP contribution in [0.1, 0.15) is 56.9 Å². The van der Waals surface area contributed by atoms with Crippen LogP contribution in [0, 0.1) is 11.8 Å². The Bertz CT molecular complexity index is 795. The van der Waals surface area contributed by atoms with Gasteiger partial charge in [0.05, 0.1) is 4.90 Å². The molecule has 0 spiro atoms. The number of unbranched alkanes of at least 4 members (excludes halogenated alkanes) is 3. The second-order valence-corrected chi connectivity index (χ2v) is 9.25. The van der Waals surface area contributed by atoms with Crippen LogP contribution in [0.4, 0.5) is 0 Å². The molecule has 0 aromatic heterocycles. The zero-order valence-electron chi connectivity index (χ0n) is 15.9. The molecule has 1 fully saturated rings. The quantitative estimate of drug-likeness (QED) is 0.543. The molecular formula is C21H28O6S. The highest BCUT2D eigenvalue weighted by Crippen LogP contribution is 2.34. The van der Waals surface area contributed by atoms with Gasteiger partial charge in [-0.05, 0) is 42.9 Å². The number of carboxylic acids is 1. The average molecular weight is 409 g/mol. The molecule has 0 aliphatic heterocycles. The first kappa shape index (κ1) is 22.3. The highest BCUT2D eigenvalue weighted by atomic mass is 32.2. The number of carboxylic acid groups (broad SMARTS) is 1. The molecule has 2 atom stereocenters. The number of Topliss-reactive ketones (excluding diaryl/α,β-unsaturated/α-hetero) is 1. The van der Waals surface area contributed by atoms with E-state index in [9.17, 15) is 18.0 Å². The van der Waals surface area contributed by atoms with E-state index in [0.29, 0.717) is 18.6 Å². The van der Waals surface area contributed by atoms with Crippen molar-refractivity contribution in [2.24, 2.45) is 11.8 Å². The molecule has 0 radical (unpaired) electrons. The van der Waals surface area contributed by atoms with E-state index in [0.717, 1.165) is 37.7 Å².